The maximum atomic E-state index is 12.2. The fraction of sp³-hybridized carbons (Fsp3) is 0.423. The van der Waals surface area contributed by atoms with Crippen molar-refractivity contribution in [3.05, 3.63) is 59.7 Å². The van der Waals surface area contributed by atoms with E-state index < -0.39 is 18.1 Å². The minimum absolute atomic E-state index is 0.00704. The van der Waals surface area contributed by atoms with Gasteiger partial charge in [-0.2, -0.15) is 0 Å². The van der Waals surface area contributed by atoms with E-state index in [-0.39, 0.29) is 37.3 Å². The van der Waals surface area contributed by atoms with Gasteiger partial charge in [-0.15, -0.1) is 0 Å². The highest BCUT2D eigenvalue weighted by atomic mass is 16.5. The minimum Gasteiger partial charge on any atom is -0.480 e. The molecule has 0 aromatic heterocycles. The maximum Gasteiger partial charge on any atom is 0.407 e. The van der Waals surface area contributed by atoms with E-state index in [1.165, 1.54) is 11.1 Å². The van der Waals surface area contributed by atoms with Crippen LogP contribution in [-0.4, -0.2) is 42.3 Å². The Morgan fingerprint density at radius 1 is 1.03 bits per heavy atom. The van der Waals surface area contributed by atoms with Crippen LogP contribution in [0.5, 0.6) is 0 Å². The number of carbonyl (C=O) groups excluding carboxylic acids is 2. The average molecular weight is 453 g/mol. The summed E-state index contributed by atoms with van der Waals surface area (Å²) in [6, 6.07) is 15.4. The van der Waals surface area contributed by atoms with E-state index in [1.807, 2.05) is 38.1 Å². The molecule has 2 aromatic carbocycles. The predicted octanol–water partition coefficient (Wildman–Crippen LogP) is 4.31. The number of carbonyl (C=O) groups is 3. The molecule has 7 nitrogen and oxygen atoms in total. The van der Waals surface area contributed by atoms with E-state index in [9.17, 15) is 19.5 Å². The van der Waals surface area contributed by atoms with Gasteiger partial charge in [0.1, 0.15) is 12.6 Å². The van der Waals surface area contributed by atoms with Gasteiger partial charge >= 0.3 is 12.1 Å². The Labute approximate surface area is 194 Å². The molecule has 0 radical (unpaired) electrons. The number of amides is 2. The lowest BCUT2D eigenvalue weighted by atomic mass is 9.98. The summed E-state index contributed by atoms with van der Waals surface area (Å²) in [4.78, 5) is 35.6. The summed E-state index contributed by atoms with van der Waals surface area (Å²) in [6.07, 6.45) is 1.25. The molecule has 0 bridgehead atoms. The lowest BCUT2D eigenvalue weighted by Crippen LogP contribution is -2.42. The summed E-state index contributed by atoms with van der Waals surface area (Å²) < 4.78 is 5.47. The molecule has 0 fully saturated rings. The van der Waals surface area contributed by atoms with E-state index in [4.69, 9.17) is 4.74 Å². The molecule has 1 aliphatic rings. The molecular formula is C26H32N2O5. The SMILES string of the molecule is CCC(C)CC(NC(=O)CCCNC(=O)OCC1c2ccccc2-c2ccccc21)C(=O)O. The average Bonchev–Trinajstić information content (AvgIpc) is 3.13. The molecule has 0 spiro atoms. The number of alkyl carbamates (subject to hydrolysis) is 1. The Kier molecular flexibility index (Phi) is 8.46. The molecule has 0 aliphatic heterocycles. The summed E-state index contributed by atoms with van der Waals surface area (Å²) in [6.45, 7) is 4.45. The summed E-state index contributed by atoms with van der Waals surface area (Å²) in [7, 11) is 0. The van der Waals surface area contributed by atoms with Gasteiger partial charge in [-0.05, 0) is 41.0 Å². The molecule has 0 heterocycles. The van der Waals surface area contributed by atoms with Crippen molar-refractivity contribution in [1.82, 2.24) is 10.6 Å². The third kappa shape index (κ3) is 6.34. The van der Waals surface area contributed by atoms with Crippen LogP contribution in [0.25, 0.3) is 11.1 Å². The second kappa shape index (κ2) is 11.5. The number of rotatable bonds is 11. The van der Waals surface area contributed by atoms with Crippen molar-refractivity contribution in [1.29, 1.82) is 0 Å². The van der Waals surface area contributed by atoms with Crippen molar-refractivity contribution < 1.29 is 24.2 Å². The molecule has 1 aliphatic carbocycles. The first-order chi connectivity index (χ1) is 15.9. The fourth-order valence-electron chi connectivity index (χ4n) is 4.15. The highest BCUT2D eigenvalue weighted by Crippen LogP contribution is 2.44. The van der Waals surface area contributed by atoms with Gasteiger partial charge in [-0.1, -0.05) is 68.8 Å². The molecule has 3 N–H and O–H groups in total. The molecule has 0 saturated heterocycles. The van der Waals surface area contributed by atoms with Crippen LogP contribution in [0.4, 0.5) is 4.79 Å². The van der Waals surface area contributed by atoms with Crippen LogP contribution in [-0.2, 0) is 14.3 Å². The fourth-order valence-corrected chi connectivity index (χ4v) is 4.15. The van der Waals surface area contributed by atoms with Gasteiger partial charge < -0.3 is 20.5 Å². The van der Waals surface area contributed by atoms with Crippen LogP contribution >= 0.6 is 0 Å². The smallest absolute Gasteiger partial charge is 0.407 e. The normalized spacial score (nSPS) is 14.0. The van der Waals surface area contributed by atoms with Crippen LogP contribution in [0.3, 0.4) is 0 Å². The number of ether oxygens (including phenoxy) is 1. The van der Waals surface area contributed by atoms with Gasteiger partial charge in [0.15, 0.2) is 0 Å². The van der Waals surface area contributed by atoms with Crippen molar-refractivity contribution in [3.63, 3.8) is 0 Å². The van der Waals surface area contributed by atoms with Crippen LogP contribution in [0.2, 0.25) is 0 Å². The third-order valence-corrected chi connectivity index (χ3v) is 6.16. The molecule has 0 saturated carbocycles. The quantitative estimate of drug-likeness (QED) is 0.441. The zero-order chi connectivity index (χ0) is 23.8. The van der Waals surface area contributed by atoms with Crippen LogP contribution in [0.15, 0.2) is 48.5 Å². The van der Waals surface area contributed by atoms with Crippen molar-refractivity contribution in [2.45, 2.75) is 51.5 Å². The van der Waals surface area contributed by atoms with Crippen molar-refractivity contribution in [2.24, 2.45) is 5.92 Å². The molecule has 3 rings (SSSR count). The van der Waals surface area contributed by atoms with E-state index in [2.05, 4.69) is 34.9 Å². The molecular weight excluding hydrogens is 420 g/mol. The monoisotopic (exact) mass is 452 g/mol. The Morgan fingerprint density at radius 2 is 1.64 bits per heavy atom. The number of nitrogens with one attached hydrogen (secondary N) is 2. The third-order valence-electron chi connectivity index (χ3n) is 6.16. The van der Waals surface area contributed by atoms with Crippen LogP contribution in [0, 0.1) is 5.92 Å². The molecule has 2 atom stereocenters. The zero-order valence-electron chi connectivity index (χ0n) is 19.2. The number of fused-ring (bicyclic) bond motifs is 3. The molecule has 2 unspecified atom stereocenters. The number of benzene rings is 2. The lowest BCUT2D eigenvalue weighted by Gasteiger charge is -2.18. The van der Waals surface area contributed by atoms with Crippen molar-refractivity contribution >= 4 is 18.0 Å². The summed E-state index contributed by atoms with van der Waals surface area (Å²) in [5.41, 5.74) is 4.63. The van der Waals surface area contributed by atoms with E-state index in [0.717, 1.165) is 17.5 Å². The Morgan fingerprint density at radius 3 is 2.21 bits per heavy atom. The lowest BCUT2D eigenvalue weighted by molar-refractivity contribution is -0.142. The summed E-state index contributed by atoms with van der Waals surface area (Å²) in [5, 5.41) is 14.5. The first-order valence-corrected chi connectivity index (χ1v) is 11.5. The number of aliphatic carboxylic acids is 1. The largest absolute Gasteiger partial charge is 0.480 e. The zero-order valence-corrected chi connectivity index (χ0v) is 19.2. The molecule has 2 amide bonds. The van der Waals surface area contributed by atoms with E-state index in [0.29, 0.717) is 12.8 Å². The molecule has 33 heavy (non-hydrogen) atoms. The predicted molar refractivity (Wildman–Crippen MR) is 126 cm³/mol. The van der Waals surface area contributed by atoms with Crippen molar-refractivity contribution in [2.75, 3.05) is 13.2 Å². The number of carboxylic acids is 1. The molecule has 176 valence electrons. The summed E-state index contributed by atoms with van der Waals surface area (Å²) >= 11 is 0. The number of carboxylic acid groups (broad SMARTS) is 1. The van der Waals surface area contributed by atoms with Gasteiger partial charge in [0.25, 0.3) is 0 Å². The topological polar surface area (TPSA) is 105 Å². The van der Waals surface area contributed by atoms with E-state index in [1.54, 1.807) is 0 Å². The van der Waals surface area contributed by atoms with Gasteiger partial charge in [0.05, 0.1) is 0 Å². The summed E-state index contributed by atoms with van der Waals surface area (Å²) in [5.74, 6) is -1.16. The highest BCUT2D eigenvalue weighted by Gasteiger charge is 2.29. The van der Waals surface area contributed by atoms with Gasteiger partial charge in [0.2, 0.25) is 5.91 Å². The Bertz CT molecular complexity index is 945. The van der Waals surface area contributed by atoms with Gasteiger partial charge in [0, 0.05) is 18.9 Å². The highest BCUT2D eigenvalue weighted by molar-refractivity contribution is 5.83. The first-order valence-electron chi connectivity index (χ1n) is 11.5. The maximum absolute atomic E-state index is 12.2. The van der Waals surface area contributed by atoms with Gasteiger partial charge in [-0.3, -0.25) is 4.79 Å². The second-order valence-electron chi connectivity index (χ2n) is 8.56. The van der Waals surface area contributed by atoms with E-state index >= 15 is 0 Å². The second-order valence-corrected chi connectivity index (χ2v) is 8.56. The van der Waals surface area contributed by atoms with Crippen LogP contribution in [0.1, 0.15) is 56.6 Å². The number of hydrogen-bond donors (Lipinski definition) is 3. The minimum atomic E-state index is -1.03. The first kappa shape index (κ1) is 24.3. The molecule has 7 heteroatoms. The Balaban J connectivity index is 1.41. The van der Waals surface area contributed by atoms with Gasteiger partial charge in [-0.25, -0.2) is 9.59 Å². The number of hydrogen-bond acceptors (Lipinski definition) is 4. The Hall–Kier alpha value is -3.35. The standard InChI is InChI=1S/C26H32N2O5/c1-3-17(2)15-23(25(30)31)28-24(29)13-8-14-27-26(32)33-16-22-20-11-6-4-9-18(20)19-10-5-7-12-21(19)22/h4-7,9-12,17,22-23H,3,8,13-16H2,1-2H3,(H,27,32)(H,28,29)(H,30,31). The van der Waals surface area contributed by atoms with Crippen molar-refractivity contribution in [3.8, 4) is 11.1 Å². The van der Waals surface area contributed by atoms with Crippen LogP contribution < -0.4 is 10.6 Å². The molecule has 2 aromatic rings.